The lowest BCUT2D eigenvalue weighted by Crippen LogP contribution is -2.36. The fourth-order valence-corrected chi connectivity index (χ4v) is 1.82. The molecule has 0 aliphatic carbocycles. The van der Waals surface area contributed by atoms with Crippen LogP contribution in [0.25, 0.3) is 0 Å². The fourth-order valence-electron chi connectivity index (χ4n) is 1.82. The van der Waals surface area contributed by atoms with E-state index in [2.05, 4.69) is 24.3 Å². The maximum Gasteiger partial charge on any atom is 0.240 e. The van der Waals surface area contributed by atoms with Crippen molar-refractivity contribution in [2.75, 3.05) is 27.2 Å². The summed E-state index contributed by atoms with van der Waals surface area (Å²) in [6.07, 6.45) is 1.23. The number of nitrogens with zero attached hydrogens (tertiary/aromatic N) is 2. The number of amides is 1. The minimum absolute atomic E-state index is 0.00986. The summed E-state index contributed by atoms with van der Waals surface area (Å²) in [5, 5.41) is 3.22. The lowest BCUT2D eigenvalue weighted by Gasteiger charge is -2.21. The van der Waals surface area contributed by atoms with E-state index in [-0.39, 0.29) is 18.1 Å². The van der Waals surface area contributed by atoms with E-state index in [9.17, 15) is 4.79 Å². The lowest BCUT2D eigenvalue weighted by atomic mass is 10.3. The van der Waals surface area contributed by atoms with Gasteiger partial charge in [0.1, 0.15) is 0 Å². The van der Waals surface area contributed by atoms with Crippen LogP contribution in [0.15, 0.2) is 0 Å². The molecule has 1 heterocycles. The molecule has 14 heavy (non-hydrogen) atoms. The van der Waals surface area contributed by atoms with Crippen LogP contribution in [0.3, 0.4) is 0 Å². The molecule has 82 valence electrons. The van der Waals surface area contributed by atoms with E-state index in [0.717, 1.165) is 19.5 Å². The SMILES string of the molecule is CC1NC(C)N(CCCN(C)C)C1=O. The highest BCUT2D eigenvalue weighted by atomic mass is 16.2. The van der Waals surface area contributed by atoms with Crippen molar-refractivity contribution >= 4 is 5.91 Å². The average molecular weight is 199 g/mol. The summed E-state index contributed by atoms with van der Waals surface area (Å²) in [4.78, 5) is 15.7. The van der Waals surface area contributed by atoms with Gasteiger partial charge < -0.3 is 9.80 Å². The van der Waals surface area contributed by atoms with E-state index in [1.807, 2.05) is 18.7 Å². The summed E-state index contributed by atoms with van der Waals surface area (Å²) >= 11 is 0. The second-order valence-electron chi connectivity index (χ2n) is 4.25. The van der Waals surface area contributed by atoms with Gasteiger partial charge in [0.2, 0.25) is 5.91 Å². The van der Waals surface area contributed by atoms with E-state index < -0.39 is 0 Å². The third-order valence-corrected chi connectivity index (χ3v) is 2.62. The van der Waals surface area contributed by atoms with Gasteiger partial charge >= 0.3 is 0 Å². The van der Waals surface area contributed by atoms with Crippen molar-refractivity contribution in [3.8, 4) is 0 Å². The van der Waals surface area contributed by atoms with Crippen molar-refractivity contribution in [1.29, 1.82) is 0 Å². The number of carbonyl (C=O) groups is 1. The first-order valence-electron chi connectivity index (χ1n) is 5.23. The molecular weight excluding hydrogens is 178 g/mol. The maximum atomic E-state index is 11.6. The highest BCUT2D eigenvalue weighted by Gasteiger charge is 2.32. The normalized spacial score (nSPS) is 27.8. The van der Waals surface area contributed by atoms with Crippen LogP contribution in [-0.4, -0.2) is 55.1 Å². The van der Waals surface area contributed by atoms with Crippen LogP contribution in [0.1, 0.15) is 20.3 Å². The molecule has 1 fully saturated rings. The largest absolute Gasteiger partial charge is 0.326 e. The van der Waals surface area contributed by atoms with Crippen LogP contribution in [0.2, 0.25) is 0 Å². The molecule has 1 aliphatic rings. The first kappa shape index (κ1) is 11.5. The van der Waals surface area contributed by atoms with Crippen LogP contribution >= 0.6 is 0 Å². The maximum absolute atomic E-state index is 11.6. The lowest BCUT2D eigenvalue weighted by molar-refractivity contribution is -0.129. The molecule has 0 aromatic rings. The minimum Gasteiger partial charge on any atom is -0.326 e. The van der Waals surface area contributed by atoms with Crippen LogP contribution in [0.5, 0.6) is 0 Å². The molecule has 4 heteroatoms. The van der Waals surface area contributed by atoms with Gasteiger partial charge in [-0.25, -0.2) is 0 Å². The Morgan fingerprint density at radius 1 is 1.43 bits per heavy atom. The molecule has 0 saturated carbocycles. The number of rotatable bonds is 4. The Hall–Kier alpha value is -0.610. The first-order valence-corrected chi connectivity index (χ1v) is 5.23. The van der Waals surface area contributed by atoms with Crippen molar-refractivity contribution < 1.29 is 4.79 Å². The summed E-state index contributed by atoms with van der Waals surface area (Å²) in [6, 6.07) is -0.00986. The molecule has 1 saturated heterocycles. The van der Waals surface area contributed by atoms with Crippen LogP contribution in [0, 0.1) is 0 Å². The third kappa shape index (κ3) is 2.69. The summed E-state index contributed by atoms with van der Waals surface area (Å²) in [5.41, 5.74) is 0. The highest BCUT2D eigenvalue weighted by Crippen LogP contribution is 2.10. The van der Waals surface area contributed by atoms with Gasteiger partial charge in [0.15, 0.2) is 0 Å². The van der Waals surface area contributed by atoms with Crippen molar-refractivity contribution in [1.82, 2.24) is 15.1 Å². The van der Waals surface area contributed by atoms with Crippen molar-refractivity contribution in [2.24, 2.45) is 0 Å². The average Bonchev–Trinajstić information content (AvgIpc) is 2.31. The van der Waals surface area contributed by atoms with Crippen LogP contribution in [-0.2, 0) is 4.79 Å². The van der Waals surface area contributed by atoms with Crippen molar-refractivity contribution in [3.63, 3.8) is 0 Å². The van der Waals surface area contributed by atoms with Crippen LogP contribution in [0.4, 0.5) is 0 Å². The second kappa shape index (κ2) is 4.75. The summed E-state index contributed by atoms with van der Waals surface area (Å²) in [5.74, 6) is 0.233. The summed E-state index contributed by atoms with van der Waals surface area (Å²) in [6.45, 7) is 5.85. The monoisotopic (exact) mass is 199 g/mol. The summed E-state index contributed by atoms with van der Waals surface area (Å²) in [7, 11) is 4.10. The Balaban J connectivity index is 2.33. The quantitative estimate of drug-likeness (QED) is 0.698. The van der Waals surface area contributed by atoms with E-state index in [4.69, 9.17) is 0 Å². The van der Waals surface area contributed by atoms with Crippen molar-refractivity contribution in [3.05, 3.63) is 0 Å². The zero-order valence-corrected chi connectivity index (χ0v) is 9.58. The molecule has 2 atom stereocenters. The minimum atomic E-state index is -0.00986. The topological polar surface area (TPSA) is 35.6 Å². The van der Waals surface area contributed by atoms with E-state index in [0.29, 0.717) is 0 Å². The standard InChI is InChI=1S/C10H21N3O/c1-8-10(14)13(9(2)11-8)7-5-6-12(3)4/h8-9,11H,5-7H2,1-4H3. The molecular formula is C10H21N3O. The number of hydrogen-bond acceptors (Lipinski definition) is 3. The van der Waals surface area contributed by atoms with E-state index in [1.54, 1.807) is 0 Å². The Kier molecular flexibility index (Phi) is 3.89. The Labute approximate surface area is 86.2 Å². The third-order valence-electron chi connectivity index (χ3n) is 2.62. The van der Waals surface area contributed by atoms with E-state index >= 15 is 0 Å². The number of nitrogens with one attached hydrogen (secondary N) is 1. The predicted octanol–water partition coefficient (Wildman–Crippen LogP) is 0.104. The zero-order valence-electron chi connectivity index (χ0n) is 9.58. The molecule has 0 radical (unpaired) electrons. The summed E-state index contributed by atoms with van der Waals surface area (Å²) < 4.78 is 0. The number of hydrogen-bond donors (Lipinski definition) is 1. The fraction of sp³-hybridized carbons (Fsp3) is 0.900. The first-order chi connectivity index (χ1) is 6.52. The Morgan fingerprint density at radius 2 is 2.07 bits per heavy atom. The molecule has 1 rings (SSSR count). The second-order valence-corrected chi connectivity index (χ2v) is 4.25. The Bertz CT molecular complexity index is 206. The van der Waals surface area contributed by atoms with Crippen molar-refractivity contribution in [2.45, 2.75) is 32.5 Å². The molecule has 0 aromatic carbocycles. The smallest absolute Gasteiger partial charge is 0.240 e. The highest BCUT2D eigenvalue weighted by molar-refractivity contribution is 5.83. The Morgan fingerprint density at radius 3 is 2.50 bits per heavy atom. The van der Waals surface area contributed by atoms with Crippen LogP contribution < -0.4 is 5.32 Å². The van der Waals surface area contributed by atoms with Gasteiger partial charge in [0.05, 0.1) is 12.2 Å². The molecule has 1 N–H and O–H groups in total. The molecule has 0 bridgehead atoms. The van der Waals surface area contributed by atoms with Gasteiger partial charge in [-0.3, -0.25) is 10.1 Å². The van der Waals surface area contributed by atoms with Gasteiger partial charge in [-0.1, -0.05) is 0 Å². The van der Waals surface area contributed by atoms with Gasteiger partial charge in [-0.2, -0.15) is 0 Å². The van der Waals surface area contributed by atoms with Gasteiger partial charge in [0, 0.05) is 6.54 Å². The number of carbonyl (C=O) groups excluding carboxylic acids is 1. The molecule has 1 aliphatic heterocycles. The molecule has 1 amide bonds. The molecule has 0 aromatic heterocycles. The van der Waals surface area contributed by atoms with Gasteiger partial charge in [-0.05, 0) is 40.9 Å². The van der Waals surface area contributed by atoms with Gasteiger partial charge in [0.25, 0.3) is 0 Å². The predicted molar refractivity (Wildman–Crippen MR) is 56.9 cm³/mol. The molecule has 2 unspecified atom stereocenters. The molecule has 4 nitrogen and oxygen atoms in total. The zero-order chi connectivity index (χ0) is 10.7. The van der Waals surface area contributed by atoms with E-state index in [1.165, 1.54) is 0 Å². The van der Waals surface area contributed by atoms with Gasteiger partial charge in [-0.15, -0.1) is 0 Å². The molecule has 0 spiro atoms.